The minimum absolute atomic E-state index is 0.326. The molecule has 2 aromatic carbocycles. The van der Waals surface area contributed by atoms with Gasteiger partial charge in [0.15, 0.2) is 11.5 Å². The van der Waals surface area contributed by atoms with Gasteiger partial charge in [-0.2, -0.15) is 9.61 Å². The van der Waals surface area contributed by atoms with Gasteiger partial charge < -0.3 is 14.8 Å². The maximum absolute atomic E-state index is 12.9. The summed E-state index contributed by atoms with van der Waals surface area (Å²) in [5.74, 6) is 1.18. The van der Waals surface area contributed by atoms with Crippen LogP contribution in [-0.2, 0) is 0 Å². The van der Waals surface area contributed by atoms with E-state index in [0.717, 1.165) is 16.8 Å². The molecular weight excluding hydrogens is 432 g/mol. The molecule has 0 saturated heterocycles. The number of amides is 1. The van der Waals surface area contributed by atoms with Gasteiger partial charge in [0.25, 0.3) is 5.91 Å². The summed E-state index contributed by atoms with van der Waals surface area (Å²) < 4.78 is 12.4. The van der Waals surface area contributed by atoms with Crippen molar-refractivity contribution in [2.75, 3.05) is 19.5 Å². The Morgan fingerprint density at radius 1 is 0.824 bits per heavy atom. The van der Waals surface area contributed by atoms with Crippen LogP contribution in [-0.4, -0.2) is 44.9 Å². The first-order valence-electron chi connectivity index (χ1n) is 10.4. The molecule has 0 spiro atoms. The maximum Gasteiger partial charge on any atom is 0.263 e. The lowest BCUT2D eigenvalue weighted by atomic mass is 10.1. The van der Waals surface area contributed by atoms with Gasteiger partial charge in [-0.3, -0.25) is 9.78 Å². The molecule has 1 amide bonds. The molecule has 0 aliphatic rings. The topological polar surface area (TPSA) is 104 Å². The first-order chi connectivity index (χ1) is 16.7. The Bertz CT molecular complexity index is 1440. The van der Waals surface area contributed by atoms with E-state index >= 15 is 0 Å². The van der Waals surface area contributed by atoms with Gasteiger partial charge in [-0.05, 0) is 48.5 Å². The Hall–Kier alpha value is -4.79. The Labute approximate surface area is 195 Å². The highest BCUT2D eigenvalue weighted by atomic mass is 16.5. The van der Waals surface area contributed by atoms with Crippen LogP contribution in [0.4, 0.5) is 5.69 Å². The van der Waals surface area contributed by atoms with Crippen molar-refractivity contribution in [3.05, 3.63) is 84.7 Å². The second-order valence-corrected chi connectivity index (χ2v) is 7.32. The normalized spacial score (nSPS) is 10.8. The predicted octanol–water partition coefficient (Wildman–Crippen LogP) is 4.12. The van der Waals surface area contributed by atoms with Gasteiger partial charge in [0.1, 0.15) is 17.1 Å². The SMILES string of the molecule is COc1cccc(OC)c1C(=O)Nc1ccc(-c2ccc3nnc(-c4ccncc4)n3n2)cc1. The zero-order valence-electron chi connectivity index (χ0n) is 18.5. The van der Waals surface area contributed by atoms with Gasteiger partial charge in [0, 0.05) is 29.2 Å². The third-order valence-corrected chi connectivity index (χ3v) is 5.29. The fraction of sp³-hybridized carbons (Fsp3) is 0.0800. The van der Waals surface area contributed by atoms with E-state index in [4.69, 9.17) is 14.6 Å². The third-order valence-electron chi connectivity index (χ3n) is 5.29. The zero-order chi connectivity index (χ0) is 23.5. The molecule has 0 unspecified atom stereocenters. The standard InChI is InChI=1S/C25H20N6O3/c1-33-20-4-3-5-21(34-2)23(20)25(32)27-18-8-6-16(7-9-18)19-10-11-22-28-29-24(31(22)30-19)17-12-14-26-15-13-17/h3-15H,1-2H3,(H,27,32). The number of rotatable bonds is 6. The molecule has 0 aliphatic heterocycles. The van der Waals surface area contributed by atoms with Crippen LogP contribution in [0.1, 0.15) is 10.4 Å². The summed E-state index contributed by atoms with van der Waals surface area (Å²) in [7, 11) is 3.03. The molecule has 0 radical (unpaired) electrons. The van der Waals surface area contributed by atoms with Gasteiger partial charge in [-0.15, -0.1) is 10.2 Å². The molecule has 3 aromatic heterocycles. The number of nitrogens with one attached hydrogen (secondary N) is 1. The minimum atomic E-state index is -0.326. The highest BCUT2D eigenvalue weighted by molar-refractivity contribution is 6.08. The quantitative estimate of drug-likeness (QED) is 0.413. The monoisotopic (exact) mass is 452 g/mol. The van der Waals surface area contributed by atoms with Crippen molar-refractivity contribution in [3.63, 3.8) is 0 Å². The van der Waals surface area contributed by atoms with Crippen LogP contribution in [0.15, 0.2) is 79.1 Å². The molecule has 168 valence electrons. The van der Waals surface area contributed by atoms with Crippen LogP contribution < -0.4 is 14.8 Å². The van der Waals surface area contributed by atoms with E-state index in [-0.39, 0.29) is 5.91 Å². The molecule has 0 fully saturated rings. The first-order valence-corrected chi connectivity index (χ1v) is 10.4. The Balaban J connectivity index is 1.41. The molecule has 0 saturated carbocycles. The molecule has 5 aromatic rings. The molecule has 9 nitrogen and oxygen atoms in total. The van der Waals surface area contributed by atoms with Gasteiger partial charge in [-0.1, -0.05) is 18.2 Å². The van der Waals surface area contributed by atoms with Crippen LogP contribution in [0, 0.1) is 0 Å². The summed E-state index contributed by atoms with van der Waals surface area (Å²) in [6.07, 6.45) is 3.40. The van der Waals surface area contributed by atoms with Crippen LogP contribution in [0.25, 0.3) is 28.3 Å². The number of nitrogens with zero attached hydrogens (tertiary/aromatic N) is 5. The molecule has 34 heavy (non-hydrogen) atoms. The van der Waals surface area contributed by atoms with E-state index in [1.165, 1.54) is 14.2 Å². The van der Waals surface area contributed by atoms with E-state index in [0.29, 0.717) is 34.2 Å². The summed E-state index contributed by atoms with van der Waals surface area (Å²) in [6, 6.07) is 20.1. The van der Waals surface area contributed by atoms with E-state index in [2.05, 4.69) is 20.5 Å². The second kappa shape index (κ2) is 8.99. The number of aromatic nitrogens is 5. The number of fused-ring (bicyclic) bond motifs is 1. The molecule has 0 aliphatic carbocycles. The molecule has 3 heterocycles. The number of hydrogen-bond acceptors (Lipinski definition) is 7. The van der Waals surface area contributed by atoms with Gasteiger partial charge in [-0.25, -0.2) is 0 Å². The summed E-state index contributed by atoms with van der Waals surface area (Å²) in [5, 5.41) is 16.1. The zero-order valence-corrected chi connectivity index (χ0v) is 18.5. The molecule has 0 atom stereocenters. The van der Waals surface area contributed by atoms with Crippen molar-refractivity contribution < 1.29 is 14.3 Å². The van der Waals surface area contributed by atoms with Crippen molar-refractivity contribution in [1.82, 2.24) is 24.8 Å². The fourth-order valence-corrected chi connectivity index (χ4v) is 3.62. The smallest absolute Gasteiger partial charge is 0.263 e. The minimum Gasteiger partial charge on any atom is -0.496 e. The maximum atomic E-state index is 12.9. The lowest BCUT2D eigenvalue weighted by Gasteiger charge is -2.13. The van der Waals surface area contributed by atoms with Crippen molar-refractivity contribution in [1.29, 1.82) is 0 Å². The summed E-state index contributed by atoms with van der Waals surface area (Å²) >= 11 is 0. The number of hydrogen-bond donors (Lipinski definition) is 1. The average Bonchev–Trinajstić information content (AvgIpc) is 3.32. The Kier molecular flexibility index (Phi) is 5.57. The number of benzene rings is 2. The molecule has 5 rings (SSSR count). The van der Waals surface area contributed by atoms with Crippen molar-refractivity contribution in [2.45, 2.75) is 0 Å². The number of ether oxygens (including phenoxy) is 2. The Morgan fingerprint density at radius 3 is 2.21 bits per heavy atom. The second-order valence-electron chi connectivity index (χ2n) is 7.32. The first kappa shape index (κ1) is 21.1. The number of carbonyl (C=O) groups excluding carboxylic acids is 1. The van der Waals surface area contributed by atoms with Crippen LogP contribution in [0.5, 0.6) is 11.5 Å². The van der Waals surface area contributed by atoms with Crippen LogP contribution in [0.3, 0.4) is 0 Å². The lowest BCUT2D eigenvalue weighted by molar-refractivity contribution is 0.102. The predicted molar refractivity (Wildman–Crippen MR) is 127 cm³/mol. The highest BCUT2D eigenvalue weighted by Gasteiger charge is 2.18. The lowest BCUT2D eigenvalue weighted by Crippen LogP contribution is -2.14. The van der Waals surface area contributed by atoms with Crippen LogP contribution in [0.2, 0.25) is 0 Å². The number of carbonyl (C=O) groups is 1. The summed E-state index contributed by atoms with van der Waals surface area (Å²) in [6.45, 7) is 0. The van der Waals surface area contributed by atoms with E-state index in [9.17, 15) is 4.79 Å². The van der Waals surface area contributed by atoms with Gasteiger partial charge >= 0.3 is 0 Å². The van der Waals surface area contributed by atoms with Gasteiger partial charge in [0.05, 0.1) is 19.9 Å². The van der Waals surface area contributed by atoms with Crippen molar-refractivity contribution >= 4 is 17.2 Å². The summed E-state index contributed by atoms with van der Waals surface area (Å²) in [4.78, 5) is 17.0. The van der Waals surface area contributed by atoms with E-state index < -0.39 is 0 Å². The van der Waals surface area contributed by atoms with E-state index in [1.54, 1.807) is 35.1 Å². The number of pyridine rings is 1. The van der Waals surface area contributed by atoms with Gasteiger partial charge in [0.2, 0.25) is 0 Å². The van der Waals surface area contributed by atoms with E-state index in [1.807, 2.05) is 48.5 Å². The molecular formula is C25H20N6O3. The van der Waals surface area contributed by atoms with Crippen molar-refractivity contribution in [2.24, 2.45) is 0 Å². The number of anilines is 1. The van der Waals surface area contributed by atoms with Crippen LogP contribution >= 0.6 is 0 Å². The largest absolute Gasteiger partial charge is 0.496 e. The number of methoxy groups -OCH3 is 2. The molecule has 9 heteroatoms. The third kappa shape index (κ3) is 3.90. The molecule has 0 bridgehead atoms. The highest BCUT2D eigenvalue weighted by Crippen LogP contribution is 2.29. The summed E-state index contributed by atoms with van der Waals surface area (Å²) in [5.41, 5.74) is 4.10. The van der Waals surface area contributed by atoms with Crippen molar-refractivity contribution in [3.8, 4) is 34.1 Å². The molecule has 1 N–H and O–H groups in total. The average molecular weight is 452 g/mol. The Morgan fingerprint density at radius 2 is 1.53 bits per heavy atom. The fourth-order valence-electron chi connectivity index (χ4n) is 3.62.